The van der Waals surface area contributed by atoms with Gasteiger partial charge in [-0.05, 0) is 30.7 Å². The normalized spacial score (nSPS) is 15.6. The standard InChI is InChI=1S/C15H22N2O3/c1-19-13-5-4-12(10-14(13)20-2)11-15(18)17-8-3-6-16-7-9-17/h4-5,10,16H,3,6-9,11H2,1-2H3. The minimum atomic E-state index is 0.168. The summed E-state index contributed by atoms with van der Waals surface area (Å²) in [5.74, 6) is 1.51. The Morgan fingerprint density at radius 2 is 2.00 bits per heavy atom. The van der Waals surface area contributed by atoms with Crippen molar-refractivity contribution in [3.63, 3.8) is 0 Å². The van der Waals surface area contributed by atoms with E-state index in [1.54, 1.807) is 14.2 Å². The van der Waals surface area contributed by atoms with Crippen LogP contribution in [-0.4, -0.2) is 51.2 Å². The van der Waals surface area contributed by atoms with Gasteiger partial charge < -0.3 is 19.7 Å². The number of rotatable bonds is 4. The second-order valence-electron chi connectivity index (χ2n) is 4.85. The number of amides is 1. The number of methoxy groups -OCH3 is 2. The molecule has 1 N–H and O–H groups in total. The highest BCUT2D eigenvalue weighted by Gasteiger charge is 2.16. The first-order valence-corrected chi connectivity index (χ1v) is 6.94. The molecule has 1 aromatic rings. The van der Waals surface area contributed by atoms with Crippen molar-refractivity contribution in [1.29, 1.82) is 0 Å². The van der Waals surface area contributed by atoms with Gasteiger partial charge in [0.2, 0.25) is 5.91 Å². The first kappa shape index (κ1) is 14.7. The van der Waals surface area contributed by atoms with Gasteiger partial charge in [-0.3, -0.25) is 4.79 Å². The maximum atomic E-state index is 12.3. The lowest BCUT2D eigenvalue weighted by Gasteiger charge is -2.20. The fourth-order valence-corrected chi connectivity index (χ4v) is 2.37. The highest BCUT2D eigenvalue weighted by atomic mass is 16.5. The summed E-state index contributed by atoms with van der Waals surface area (Å²) in [5.41, 5.74) is 0.949. The molecule has 5 nitrogen and oxygen atoms in total. The monoisotopic (exact) mass is 278 g/mol. The smallest absolute Gasteiger partial charge is 0.227 e. The quantitative estimate of drug-likeness (QED) is 0.895. The van der Waals surface area contributed by atoms with Crippen LogP contribution >= 0.6 is 0 Å². The van der Waals surface area contributed by atoms with Gasteiger partial charge in [0.25, 0.3) is 0 Å². The summed E-state index contributed by atoms with van der Waals surface area (Å²) in [6.07, 6.45) is 1.41. The van der Waals surface area contributed by atoms with Gasteiger partial charge in [-0.1, -0.05) is 6.07 Å². The second kappa shape index (κ2) is 7.14. The van der Waals surface area contributed by atoms with Crippen LogP contribution in [0.25, 0.3) is 0 Å². The van der Waals surface area contributed by atoms with Crippen molar-refractivity contribution in [2.75, 3.05) is 40.4 Å². The van der Waals surface area contributed by atoms with Gasteiger partial charge >= 0.3 is 0 Å². The Morgan fingerprint density at radius 1 is 1.20 bits per heavy atom. The number of carbonyl (C=O) groups excluding carboxylic acids is 1. The van der Waals surface area contributed by atoms with Gasteiger partial charge in [-0.2, -0.15) is 0 Å². The summed E-state index contributed by atoms with van der Waals surface area (Å²) in [6.45, 7) is 3.48. The van der Waals surface area contributed by atoms with Crippen LogP contribution in [0.4, 0.5) is 0 Å². The number of nitrogens with one attached hydrogen (secondary N) is 1. The van der Waals surface area contributed by atoms with E-state index in [4.69, 9.17) is 9.47 Å². The predicted molar refractivity (Wildman–Crippen MR) is 77.3 cm³/mol. The number of carbonyl (C=O) groups is 1. The molecular weight excluding hydrogens is 256 g/mol. The van der Waals surface area contributed by atoms with Crippen molar-refractivity contribution in [2.24, 2.45) is 0 Å². The van der Waals surface area contributed by atoms with Crippen LogP contribution in [0.15, 0.2) is 18.2 Å². The molecule has 0 unspecified atom stereocenters. The average Bonchev–Trinajstić information content (AvgIpc) is 2.76. The van der Waals surface area contributed by atoms with Crippen LogP contribution in [0.3, 0.4) is 0 Å². The van der Waals surface area contributed by atoms with Crippen molar-refractivity contribution in [3.8, 4) is 11.5 Å². The van der Waals surface area contributed by atoms with Crippen LogP contribution in [0, 0.1) is 0 Å². The lowest BCUT2D eigenvalue weighted by atomic mass is 10.1. The van der Waals surface area contributed by atoms with Crippen molar-refractivity contribution < 1.29 is 14.3 Å². The molecule has 1 amide bonds. The van der Waals surface area contributed by atoms with E-state index in [1.807, 2.05) is 23.1 Å². The first-order chi connectivity index (χ1) is 9.74. The van der Waals surface area contributed by atoms with Gasteiger partial charge in [0, 0.05) is 19.6 Å². The zero-order valence-corrected chi connectivity index (χ0v) is 12.1. The Labute approximate surface area is 119 Å². The number of benzene rings is 1. The van der Waals surface area contributed by atoms with E-state index in [-0.39, 0.29) is 5.91 Å². The molecule has 5 heteroatoms. The third-order valence-corrected chi connectivity index (χ3v) is 3.50. The fraction of sp³-hybridized carbons (Fsp3) is 0.533. The molecule has 0 spiro atoms. The number of ether oxygens (including phenoxy) is 2. The number of hydrogen-bond donors (Lipinski definition) is 1. The van der Waals surface area contributed by atoms with E-state index < -0.39 is 0 Å². The minimum absolute atomic E-state index is 0.168. The third-order valence-electron chi connectivity index (χ3n) is 3.50. The summed E-state index contributed by atoms with van der Waals surface area (Å²) in [4.78, 5) is 14.2. The first-order valence-electron chi connectivity index (χ1n) is 6.94. The van der Waals surface area contributed by atoms with Crippen molar-refractivity contribution >= 4 is 5.91 Å². The van der Waals surface area contributed by atoms with Gasteiger partial charge in [-0.15, -0.1) is 0 Å². The molecule has 0 atom stereocenters. The molecule has 1 aromatic carbocycles. The molecule has 2 rings (SSSR count). The average molecular weight is 278 g/mol. The lowest BCUT2D eigenvalue weighted by Crippen LogP contribution is -2.35. The van der Waals surface area contributed by atoms with E-state index in [2.05, 4.69) is 5.32 Å². The van der Waals surface area contributed by atoms with Crippen LogP contribution in [0.2, 0.25) is 0 Å². The van der Waals surface area contributed by atoms with E-state index in [1.165, 1.54) is 0 Å². The van der Waals surface area contributed by atoms with E-state index in [9.17, 15) is 4.79 Å². The second-order valence-corrected chi connectivity index (χ2v) is 4.85. The number of hydrogen-bond acceptors (Lipinski definition) is 4. The Balaban J connectivity index is 2.03. The van der Waals surface area contributed by atoms with Crippen LogP contribution in [0.5, 0.6) is 11.5 Å². The Kier molecular flexibility index (Phi) is 5.24. The third kappa shape index (κ3) is 3.63. The van der Waals surface area contributed by atoms with Gasteiger partial charge in [0.15, 0.2) is 11.5 Å². The van der Waals surface area contributed by atoms with E-state index in [0.29, 0.717) is 17.9 Å². The van der Waals surface area contributed by atoms with Gasteiger partial charge in [-0.25, -0.2) is 0 Å². The van der Waals surface area contributed by atoms with Gasteiger partial charge in [0.05, 0.1) is 20.6 Å². The van der Waals surface area contributed by atoms with Crippen LogP contribution in [0.1, 0.15) is 12.0 Å². The summed E-state index contributed by atoms with van der Waals surface area (Å²) < 4.78 is 10.5. The molecule has 0 aliphatic carbocycles. The van der Waals surface area contributed by atoms with Crippen LogP contribution < -0.4 is 14.8 Å². The molecule has 0 bridgehead atoms. The highest BCUT2D eigenvalue weighted by molar-refractivity contribution is 5.79. The topological polar surface area (TPSA) is 50.8 Å². The van der Waals surface area contributed by atoms with Crippen LogP contribution in [-0.2, 0) is 11.2 Å². The highest BCUT2D eigenvalue weighted by Crippen LogP contribution is 2.27. The molecule has 1 aliphatic heterocycles. The molecule has 1 heterocycles. The van der Waals surface area contributed by atoms with Crippen molar-refractivity contribution in [1.82, 2.24) is 10.2 Å². The largest absolute Gasteiger partial charge is 0.493 e. The minimum Gasteiger partial charge on any atom is -0.493 e. The summed E-state index contributed by atoms with van der Waals surface area (Å²) in [6, 6.07) is 5.62. The molecule has 110 valence electrons. The Morgan fingerprint density at radius 3 is 2.75 bits per heavy atom. The maximum absolute atomic E-state index is 12.3. The Hall–Kier alpha value is -1.75. The molecule has 1 aliphatic rings. The molecule has 0 aromatic heterocycles. The van der Waals surface area contributed by atoms with E-state index >= 15 is 0 Å². The SMILES string of the molecule is COc1ccc(CC(=O)N2CCCNCC2)cc1OC. The maximum Gasteiger partial charge on any atom is 0.227 e. The molecule has 0 saturated carbocycles. The van der Waals surface area contributed by atoms with E-state index in [0.717, 1.165) is 38.2 Å². The fourth-order valence-electron chi connectivity index (χ4n) is 2.37. The molecule has 1 saturated heterocycles. The van der Waals surface area contributed by atoms with Crippen molar-refractivity contribution in [2.45, 2.75) is 12.8 Å². The zero-order valence-electron chi connectivity index (χ0n) is 12.1. The zero-order chi connectivity index (χ0) is 14.4. The summed E-state index contributed by atoms with van der Waals surface area (Å²) in [7, 11) is 3.21. The molecule has 1 fully saturated rings. The molecule has 0 radical (unpaired) electrons. The Bertz CT molecular complexity index is 454. The predicted octanol–water partition coefficient (Wildman–Crippen LogP) is 1.07. The summed E-state index contributed by atoms with van der Waals surface area (Å²) >= 11 is 0. The summed E-state index contributed by atoms with van der Waals surface area (Å²) in [5, 5.41) is 3.30. The molecule has 20 heavy (non-hydrogen) atoms. The van der Waals surface area contributed by atoms with Gasteiger partial charge in [0.1, 0.15) is 0 Å². The number of nitrogens with zero attached hydrogens (tertiary/aromatic N) is 1. The lowest BCUT2D eigenvalue weighted by molar-refractivity contribution is -0.130. The van der Waals surface area contributed by atoms with Crippen molar-refractivity contribution in [3.05, 3.63) is 23.8 Å². The molecular formula is C15H22N2O3.